The largest absolute Gasteiger partial charge is 0.483 e. The van der Waals surface area contributed by atoms with Crippen LogP contribution in [-0.2, 0) is 43.6 Å². The Kier molecular flexibility index (Phi) is 9.68. The number of nitrogens with zero attached hydrogens (tertiary/aromatic N) is 2. The van der Waals surface area contributed by atoms with Crippen molar-refractivity contribution in [2.45, 2.75) is 95.2 Å². The van der Waals surface area contributed by atoms with E-state index >= 15 is 0 Å². The fraction of sp³-hybridized carbons (Fsp3) is 0.452. The molecule has 2 aliphatic heterocycles. The van der Waals surface area contributed by atoms with Gasteiger partial charge >= 0.3 is 18.1 Å². The lowest BCUT2D eigenvalue weighted by Gasteiger charge is -2.65. The lowest BCUT2D eigenvalue weighted by Crippen LogP contribution is -2.79. The van der Waals surface area contributed by atoms with Crippen molar-refractivity contribution in [2.75, 3.05) is 19.6 Å². The van der Waals surface area contributed by atoms with E-state index in [4.69, 9.17) is 14.2 Å². The number of rotatable bonds is 10. The second-order valence-corrected chi connectivity index (χ2v) is 15.2. The standard InChI is InChI=1S/C42H45F3N2O6/c1-26(2)25-47(36(50)16-13-30-11-8-12-32(23-30)42(43,44)45)33-17-19-41(53-28(4)49)35-24-31-14-15-34(51-27(3)48)38-37(31)40(41,39(33)52-38)20-22-46(35)21-18-29-9-6-5-7-10-29/h5-16,23,26,33,35,39H,17-22,24-25H2,1-4H3/t33-,35-,39+,40+,41-/m1/s1. The maximum absolute atomic E-state index is 14.3. The second-order valence-electron chi connectivity index (χ2n) is 15.2. The molecule has 2 bridgehead atoms. The van der Waals surface area contributed by atoms with E-state index in [-0.39, 0.29) is 29.2 Å². The van der Waals surface area contributed by atoms with Gasteiger partial charge < -0.3 is 19.1 Å². The predicted octanol–water partition coefficient (Wildman–Crippen LogP) is 7.16. The summed E-state index contributed by atoms with van der Waals surface area (Å²) in [5.41, 5.74) is 0.720. The summed E-state index contributed by atoms with van der Waals surface area (Å²) in [5, 5.41) is 0. The van der Waals surface area contributed by atoms with Crippen LogP contribution in [0.15, 0.2) is 72.8 Å². The first-order valence-corrected chi connectivity index (χ1v) is 18.4. The molecule has 280 valence electrons. The number of carbonyl (C=O) groups excluding carboxylic acids is 3. The Morgan fingerprint density at radius 3 is 2.49 bits per heavy atom. The van der Waals surface area contributed by atoms with E-state index in [1.165, 1.54) is 43.7 Å². The van der Waals surface area contributed by atoms with Crippen LogP contribution in [0.4, 0.5) is 13.2 Å². The van der Waals surface area contributed by atoms with Crippen LogP contribution >= 0.6 is 0 Å². The van der Waals surface area contributed by atoms with Crippen LogP contribution in [0.3, 0.4) is 0 Å². The van der Waals surface area contributed by atoms with Crippen molar-refractivity contribution in [3.63, 3.8) is 0 Å². The van der Waals surface area contributed by atoms with Gasteiger partial charge in [0, 0.05) is 38.6 Å². The number of hydrogen-bond acceptors (Lipinski definition) is 7. The number of piperidine rings is 1. The van der Waals surface area contributed by atoms with Gasteiger partial charge in [0.1, 0.15) is 11.7 Å². The molecule has 1 amide bonds. The Labute approximate surface area is 307 Å². The number of amides is 1. The summed E-state index contributed by atoms with van der Waals surface area (Å²) < 4.78 is 59.7. The molecule has 1 saturated heterocycles. The molecule has 7 rings (SSSR count). The molecule has 1 saturated carbocycles. The molecule has 2 aliphatic carbocycles. The van der Waals surface area contributed by atoms with Crippen LogP contribution < -0.4 is 9.47 Å². The number of ether oxygens (including phenoxy) is 3. The van der Waals surface area contributed by atoms with Crippen LogP contribution in [0.1, 0.15) is 74.8 Å². The van der Waals surface area contributed by atoms with Gasteiger partial charge in [0.05, 0.1) is 23.1 Å². The molecule has 3 aromatic carbocycles. The summed E-state index contributed by atoms with van der Waals surface area (Å²) in [6.07, 6.45) is 0.466. The van der Waals surface area contributed by atoms with Gasteiger partial charge in [-0.1, -0.05) is 62.4 Å². The van der Waals surface area contributed by atoms with E-state index in [1.54, 1.807) is 11.0 Å². The van der Waals surface area contributed by atoms with E-state index < -0.39 is 46.8 Å². The highest BCUT2D eigenvalue weighted by atomic mass is 19.4. The topological polar surface area (TPSA) is 85.4 Å². The third-order valence-corrected chi connectivity index (χ3v) is 11.5. The number of esters is 2. The van der Waals surface area contributed by atoms with Gasteiger partial charge in [-0.15, -0.1) is 0 Å². The van der Waals surface area contributed by atoms with Crippen LogP contribution in [0.2, 0.25) is 0 Å². The number of hydrogen-bond donors (Lipinski definition) is 0. The number of benzene rings is 3. The molecule has 4 aliphatic rings. The molecule has 8 nitrogen and oxygen atoms in total. The first kappa shape index (κ1) is 36.7. The molecule has 3 aromatic rings. The van der Waals surface area contributed by atoms with E-state index in [9.17, 15) is 27.6 Å². The Morgan fingerprint density at radius 1 is 1.02 bits per heavy atom. The fourth-order valence-corrected chi connectivity index (χ4v) is 9.63. The first-order chi connectivity index (χ1) is 25.2. The molecule has 0 radical (unpaired) electrons. The molecule has 2 heterocycles. The van der Waals surface area contributed by atoms with Gasteiger partial charge in [-0.25, -0.2) is 0 Å². The van der Waals surface area contributed by atoms with E-state index in [0.717, 1.165) is 36.2 Å². The van der Waals surface area contributed by atoms with Gasteiger partial charge in [0.2, 0.25) is 5.91 Å². The Hall–Kier alpha value is -4.64. The molecule has 0 N–H and O–H groups in total. The second kappa shape index (κ2) is 14.0. The summed E-state index contributed by atoms with van der Waals surface area (Å²) in [7, 11) is 0. The zero-order valence-electron chi connectivity index (χ0n) is 30.4. The van der Waals surface area contributed by atoms with Crippen LogP contribution in [0, 0.1) is 5.92 Å². The lowest BCUT2D eigenvalue weighted by molar-refractivity contribution is -0.224. The highest BCUT2D eigenvalue weighted by Gasteiger charge is 2.75. The molecule has 0 aromatic heterocycles. The minimum Gasteiger partial charge on any atom is -0.483 e. The fourth-order valence-electron chi connectivity index (χ4n) is 9.63. The highest BCUT2D eigenvalue weighted by molar-refractivity contribution is 5.92. The summed E-state index contributed by atoms with van der Waals surface area (Å²) in [4.78, 5) is 44.0. The van der Waals surface area contributed by atoms with Crippen molar-refractivity contribution in [1.82, 2.24) is 9.80 Å². The Bertz CT molecular complexity index is 1930. The average molecular weight is 731 g/mol. The smallest absolute Gasteiger partial charge is 0.416 e. The number of likely N-dealkylation sites (tertiary alicyclic amines) is 1. The third-order valence-electron chi connectivity index (χ3n) is 11.5. The van der Waals surface area contributed by atoms with Gasteiger partial charge in [0.15, 0.2) is 11.5 Å². The molecule has 53 heavy (non-hydrogen) atoms. The molecule has 2 fully saturated rings. The summed E-state index contributed by atoms with van der Waals surface area (Å²) in [6, 6.07) is 18.2. The highest BCUT2D eigenvalue weighted by Crippen LogP contribution is 2.67. The van der Waals surface area contributed by atoms with Gasteiger partial charge in [-0.05, 0) is 85.5 Å². The van der Waals surface area contributed by atoms with E-state index in [0.29, 0.717) is 44.5 Å². The molecular weight excluding hydrogens is 685 g/mol. The van der Waals surface area contributed by atoms with Gasteiger partial charge in [0.25, 0.3) is 0 Å². The summed E-state index contributed by atoms with van der Waals surface area (Å²) in [5.74, 6) is -0.478. The number of halogens is 3. The number of carbonyl (C=O) groups is 3. The molecule has 11 heteroatoms. The maximum Gasteiger partial charge on any atom is 0.416 e. The third kappa shape index (κ3) is 6.51. The van der Waals surface area contributed by atoms with Crippen molar-refractivity contribution in [3.05, 3.63) is 101 Å². The summed E-state index contributed by atoms with van der Waals surface area (Å²) >= 11 is 0. The molecule has 1 spiro atoms. The van der Waals surface area contributed by atoms with E-state index in [1.807, 2.05) is 38.1 Å². The van der Waals surface area contributed by atoms with Crippen molar-refractivity contribution in [3.8, 4) is 11.5 Å². The Morgan fingerprint density at radius 2 is 1.79 bits per heavy atom. The average Bonchev–Trinajstić information content (AvgIpc) is 3.46. The normalized spacial score (nSPS) is 25.8. The lowest BCUT2D eigenvalue weighted by atomic mass is 9.48. The van der Waals surface area contributed by atoms with Crippen molar-refractivity contribution in [1.29, 1.82) is 0 Å². The zero-order chi connectivity index (χ0) is 37.7. The van der Waals surface area contributed by atoms with Crippen LogP contribution in [-0.4, -0.2) is 71.1 Å². The van der Waals surface area contributed by atoms with E-state index in [2.05, 4.69) is 17.0 Å². The molecule has 0 unspecified atom stereocenters. The quantitative estimate of drug-likeness (QED) is 0.124. The minimum atomic E-state index is -4.51. The molecule has 5 atom stereocenters. The summed E-state index contributed by atoms with van der Waals surface area (Å²) in [6.45, 7) is 8.59. The van der Waals surface area contributed by atoms with Crippen molar-refractivity contribution < 1.29 is 41.8 Å². The minimum absolute atomic E-state index is 0.0495. The zero-order valence-corrected chi connectivity index (χ0v) is 30.4. The van der Waals surface area contributed by atoms with Crippen LogP contribution in [0.25, 0.3) is 6.08 Å². The first-order valence-electron chi connectivity index (χ1n) is 18.4. The van der Waals surface area contributed by atoms with Gasteiger partial charge in [-0.3, -0.25) is 19.3 Å². The van der Waals surface area contributed by atoms with Gasteiger partial charge in [-0.2, -0.15) is 13.2 Å². The maximum atomic E-state index is 14.3. The SMILES string of the molecule is CC(=O)Oc1ccc2c3c1O[C@H]1[C@H](N(CC(C)C)C(=O)C=Cc4cccc(C(F)(F)F)c4)CC[C@@]4(OC(C)=O)[C@@H](C2)N(CCc2ccccc2)CC[C@]314. The number of alkyl halides is 3. The van der Waals surface area contributed by atoms with Crippen LogP contribution in [0.5, 0.6) is 11.5 Å². The van der Waals surface area contributed by atoms with Crippen molar-refractivity contribution >= 4 is 23.9 Å². The molecular formula is C42H45F3N2O6. The monoisotopic (exact) mass is 730 g/mol. The predicted molar refractivity (Wildman–Crippen MR) is 192 cm³/mol. The Balaban J connectivity index is 1.31. The van der Waals surface area contributed by atoms with Crippen molar-refractivity contribution in [2.24, 2.45) is 5.92 Å².